The molecule has 0 spiro atoms. The van der Waals surface area contributed by atoms with Gasteiger partial charge in [0.1, 0.15) is 11.4 Å². The van der Waals surface area contributed by atoms with E-state index < -0.39 is 0 Å². The summed E-state index contributed by atoms with van der Waals surface area (Å²) in [6, 6.07) is 5.57. The molecule has 2 aromatic rings. The molecule has 15 heavy (non-hydrogen) atoms. The molecule has 0 atom stereocenters. The molecular formula is C9H10ClN5. The van der Waals surface area contributed by atoms with E-state index in [1.165, 1.54) is 0 Å². The predicted molar refractivity (Wildman–Crippen MR) is 60.5 cm³/mol. The molecule has 1 aromatic carbocycles. The lowest BCUT2D eigenvalue weighted by Crippen LogP contribution is -2.12. The van der Waals surface area contributed by atoms with E-state index in [1.807, 2.05) is 25.2 Å². The molecule has 1 heterocycles. The van der Waals surface area contributed by atoms with Gasteiger partial charge in [-0.1, -0.05) is 5.21 Å². The van der Waals surface area contributed by atoms with Crippen molar-refractivity contribution in [1.82, 2.24) is 15.0 Å². The van der Waals surface area contributed by atoms with Crippen LogP contribution < -0.4 is 5.73 Å². The summed E-state index contributed by atoms with van der Waals surface area (Å²) in [6.07, 6.45) is 0. The third-order valence-corrected chi connectivity index (χ3v) is 2.28. The van der Waals surface area contributed by atoms with Gasteiger partial charge in [-0.3, -0.25) is 0 Å². The van der Waals surface area contributed by atoms with Gasteiger partial charge in [0.15, 0.2) is 0 Å². The number of nitrogens with zero attached hydrogens (tertiary/aromatic N) is 4. The zero-order chi connectivity index (χ0) is 10.8. The molecule has 0 aliphatic heterocycles. The number of amidine groups is 1. The molecule has 0 aliphatic rings. The molecule has 2 rings (SSSR count). The number of rotatable bonds is 2. The van der Waals surface area contributed by atoms with Crippen LogP contribution in [0.4, 0.5) is 5.69 Å². The van der Waals surface area contributed by atoms with Gasteiger partial charge in [-0.05, 0) is 18.2 Å². The number of nitrogens with two attached hydrogens (primary N) is 1. The fourth-order valence-electron chi connectivity index (χ4n) is 1.29. The molecule has 0 saturated heterocycles. The summed E-state index contributed by atoms with van der Waals surface area (Å²) in [4.78, 5) is 4.12. The standard InChI is InChI=1S/C9H10ClN5/c1-15-8-3-2-6(12-9(11)5-10)4-7(8)13-14-15/h2-4H,5H2,1H3,(H2,11,12). The molecule has 0 fully saturated rings. The lowest BCUT2D eigenvalue weighted by molar-refractivity contribution is 0.736. The van der Waals surface area contributed by atoms with Gasteiger partial charge >= 0.3 is 0 Å². The fraction of sp³-hybridized carbons (Fsp3) is 0.222. The minimum atomic E-state index is 0.221. The van der Waals surface area contributed by atoms with E-state index in [4.69, 9.17) is 17.3 Å². The first-order valence-corrected chi connectivity index (χ1v) is 4.92. The molecule has 0 bridgehead atoms. The summed E-state index contributed by atoms with van der Waals surface area (Å²) in [5.74, 6) is 0.610. The Balaban J connectivity index is 2.48. The van der Waals surface area contributed by atoms with Crippen LogP contribution in [0.2, 0.25) is 0 Å². The Hall–Kier alpha value is -1.62. The van der Waals surface area contributed by atoms with E-state index in [-0.39, 0.29) is 5.88 Å². The van der Waals surface area contributed by atoms with Crippen LogP contribution in [0.15, 0.2) is 23.2 Å². The van der Waals surface area contributed by atoms with Gasteiger partial charge in [0.2, 0.25) is 0 Å². The van der Waals surface area contributed by atoms with Crippen molar-refractivity contribution in [3.05, 3.63) is 18.2 Å². The first-order chi connectivity index (χ1) is 7.20. The monoisotopic (exact) mass is 223 g/mol. The third kappa shape index (κ3) is 1.92. The van der Waals surface area contributed by atoms with Crippen LogP contribution in [0.5, 0.6) is 0 Å². The van der Waals surface area contributed by atoms with Gasteiger partial charge in [-0.25, -0.2) is 9.67 Å². The number of alkyl halides is 1. The Morgan fingerprint density at radius 1 is 1.60 bits per heavy atom. The van der Waals surface area contributed by atoms with Crippen molar-refractivity contribution in [2.24, 2.45) is 17.8 Å². The van der Waals surface area contributed by atoms with Gasteiger partial charge in [0.05, 0.1) is 17.1 Å². The van der Waals surface area contributed by atoms with Crippen molar-refractivity contribution < 1.29 is 0 Å². The molecule has 78 valence electrons. The Morgan fingerprint density at radius 3 is 3.13 bits per heavy atom. The van der Waals surface area contributed by atoms with Gasteiger partial charge in [-0.15, -0.1) is 16.7 Å². The van der Waals surface area contributed by atoms with Crippen molar-refractivity contribution in [1.29, 1.82) is 0 Å². The molecule has 5 nitrogen and oxygen atoms in total. The third-order valence-electron chi connectivity index (χ3n) is 2.00. The van der Waals surface area contributed by atoms with Crippen LogP contribution in [-0.4, -0.2) is 26.7 Å². The van der Waals surface area contributed by atoms with Crippen molar-refractivity contribution in [2.75, 3.05) is 5.88 Å². The van der Waals surface area contributed by atoms with Gasteiger partial charge in [0.25, 0.3) is 0 Å². The van der Waals surface area contributed by atoms with Crippen LogP contribution in [0.3, 0.4) is 0 Å². The molecular weight excluding hydrogens is 214 g/mol. The summed E-state index contributed by atoms with van der Waals surface area (Å²) in [5, 5.41) is 7.88. The number of halogens is 1. The van der Waals surface area contributed by atoms with Gasteiger partial charge in [0, 0.05) is 7.05 Å². The predicted octanol–water partition coefficient (Wildman–Crippen LogP) is 1.20. The average Bonchev–Trinajstić information content (AvgIpc) is 2.60. The summed E-state index contributed by atoms with van der Waals surface area (Å²) in [6.45, 7) is 0. The summed E-state index contributed by atoms with van der Waals surface area (Å²) in [5.41, 5.74) is 8.02. The van der Waals surface area contributed by atoms with Crippen LogP contribution in [0.25, 0.3) is 11.0 Å². The lowest BCUT2D eigenvalue weighted by atomic mass is 10.3. The van der Waals surface area contributed by atoms with Crippen molar-refractivity contribution in [2.45, 2.75) is 0 Å². The minimum absolute atomic E-state index is 0.221. The smallest absolute Gasteiger partial charge is 0.115 e. The quantitative estimate of drug-likeness (QED) is 0.473. The molecule has 2 N–H and O–H groups in total. The maximum Gasteiger partial charge on any atom is 0.115 e. The normalized spacial score (nSPS) is 12.3. The van der Waals surface area contributed by atoms with E-state index >= 15 is 0 Å². The SMILES string of the molecule is Cn1nnc2cc(N=C(N)CCl)ccc21. The van der Waals surface area contributed by atoms with E-state index in [0.717, 1.165) is 16.7 Å². The molecule has 0 saturated carbocycles. The molecule has 0 unspecified atom stereocenters. The first kappa shape index (κ1) is 9.92. The first-order valence-electron chi connectivity index (χ1n) is 4.39. The van der Waals surface area contributed by atoms with E-state index in [9.17, 15) is 0 Å². The Labute approximate surface area is 91.5 Å². The van der Waals surface area contributed by atoms with Crippen molar-refractivity contribution in [3.63, 3.8) is 0 Å². The van der Waals surface area contributed by atoms with E-state index in [2.05, 4.69) is 15.3 Å². The highest BCUT2D eigenvalue weighted by Crippen LogP contribution is 2.18. The van der Waals surface area contributed by atoms with Gasteiger partial charge < -0.3 is 5.73 Å². The van der Waals surface area contributed by atoms with E-state index in [0.29, 0.717) is 5.84 Å². The Bertz CT molecular complexity index is 516. The van der Waals surface area contributed by atoms with Gasteiger partial charge in [-0.2, -0.15) is 0 Å². The zero-order valence-corrected chi connectivity index (χ0v) is 8.94. The second kappa shape index (κ2) is 3.86. The number of hydrogen-bond donors (Lipinski definition) is 1. The number of aromatic nitrogens is 3. The zero-order valence-electron chi connectivity index (χ0n) is 8.18. The van der Waals surface area contributed by atoms with Crippen LogP contribution >= 0.6 is 11.6 Å². The highest BCUT2D eigenvalue weighted by atomic mass is 35.5. The molecule has 1 aromatic heterocycles. The second-order valence-electron chi connectivity index (χ2n) is 3.12. The minimum Gasteiger partial charge on any atom is -0.386 e. The maximum atomic E-state index is 5.54. The number of aliphatic imine (C=N–C) groups is 1. The number of aryl methyl sites for hydroxylation is 1. The lowest BCUT2D eigenvalue weighted by Gasteiger charge is -1.96. The fourth-order valence-corrected chi connectivity index (χ4v) is 1.35. The molecule has 6 heteroatoms. The Morgan fingerprint density at radius 2 is 2.40 bits per heavy atom. The topological polar surface area (TPSA) is 69.1 Å². The Kier molecular flexibility index (Phi) is 2.55. The summed E-state index contributed by atoms with van der Waals surface area (Å²) >= 11 is 5.54. The number of benzene rings is 1. The summed E-state index contributed by atoms with van der Waals surface area (Å²) < 4.78 is 1.70. The molecule has 0 radical (unpaired) electrons. The van der Waals surface area contributed by atoms with Crippen molar-refractivity contribution >= 4 is 34.2 Å². The average molecular weight is 224 g/mol. The largest absolute Gasteiger partial charge is 0.386 e. The number of hydrogen-bond acceptors (Lipinski definition) is 3. The number of fused-ring (bicyclic) bond motifs is 1. The molecule has 0 aliphatic carbocycles. The van der Waals surface area contributed by atoms with Crippen molar-refractivity contribution in [3.8, 4) is 0 Å². The summed E-state index contributed by atoms with van der Waals surface area (Å²) in [7, 11) is 1.84. The highest BCUT2D eigenvalue weighted by Gasteiger charge is 2.01. The van der Waals surface area contributed by atoms with Crippen LogP contribution in [0, 0.1) is 0 Å². The van der Waals surface area contributed by atoms with E-state index in [1.54, 1.807) is 4.68 Å². The maximum absolute atomic E-state index is 5.54. The van der Waals surface area contributed by atoms with Crippen LogP contribution in [0.1, 0.15) is 0 Å². The van der Waals surface area contributed by atoms with Crippen LogP contribution in [-0.2, 0) is 7.05 Å². The molecule has 0 amide bonds. The second-order valence-corrected chi connectivity index (χ2v) is 3.39. The highest BCUT2D eigenvalue weighted by molar-refractivity contribution is 6.28.